The Morgan fingerprint density at radius 1 is 1.11 bits per heavy atom. The van der Waals surface area contributed by atoms with Gasteiger partial charge in [0.2, 0.25) is 5.91 Å². The standard InChI is InChI=1S/C26H28ClN5O3/c1-5-26(3,4)28-25(34)24(22-15-14-17(2)35-22)32(20-12-8-6-10-18(20)27)23(33)16-31-21-13-9-7-11-19(21)29-30-31/h6-15,24H,5,16H2,1-4H3,(H,28,34)/t24-/m0/s1. The minimum absolute atomic E-state index is 0.146. The summed E-state index contributed by atoms with van der Waals surface area (Å²) in [6.07, 6.45) is 0.702. The van der Waals surface area contributed by atoms with Crippen molar-refractivity contribution < 1.29 is 14.0 Å². The van der Waals surface area contributed by atoms with Gasteiger partial charge in [0.15, 0.2) is 6.04 Å². The third kappa shape index (κ3) is 5.22. The van der Waals surface area contributed by atoms with Crippen LogP contribution in [-0.2, 0) is 16.1 Å². The van der Waals surface area contributed by atoms with Crippen molar-refractivity contribution in [3.63, 3.8) is 0 Å². The number of carbonyl (C=O) groups excluding carboxylic acids is 2. The number of amides is 2. The van der Waals surface area contributed by atoms with Crippen molar-refractivity contribution in [2.75, 3.05) is 4.90 Å². The highest BCUT2D eigenvalue weighted by Crippen LogP contribution is 2.34. The zero-order valence-electron chi connectivity index (χ0n) is 20.2. The first-order chi connectivity index (χ1) is 16.7. The highest BCUT2D eigenvalue weighted by molar-refractivity contribution is 6.34. The van der Waals surface area contributed by atoms with Crippen LogP contribution in [0.15, 0.2) is 65.1 Å². The van der Waals surface area contributed by atoms with E-state index in [1.165, 1.54) is 9.58 Å². The molecule has 8 nitrogen and oxygen atoms in total. The first-order valence-corrected chi connectivity index (χ1v) is 11.8. The summed E-state index contributed by atoms with van der Waals surface area (Å²) in [5, 5.41) is 11.7. The zero-order valence-corrected chi connectivity index (χ0v) is 20.9. The molecule has 0 bridgehead atoms. The number of aryl methyl sites for hydroxylation is 1. The summed E-state index contributed by atoms with van der Waals surface area (Å²) >= 11 is 6.55. The Kier molecular flexibility index (Phi) is 6.93. The number of nitrogens with zero attached hydrogens (tertiary/aromatic N) is 4. The van der Waals surface area contributed by atoms with E-state index in [-0.39, 0.29) is 12.5 Å². The van der Waals surface area contributed by atoms with E-state index >= 15 is 0 Å². The molecule has 2 heterocycles. The second-order valence-corrected chi connectivity index (χ2v) is 9.44. The molecule has 35 heavy (non-hydrogen) atoms. The van der Waals surface area contributed by atoms with E-state index in [9.17, 15) is 9.59 Å². The van der Waals surface area contributed by atoms with Crippen molar-refractivity contribution in [2.45, 2.75) is 52.2 Å². The largest absolute Gasteiger partial charge is 0.464 e. The molecule has 0 aliphatic heterocycles. The minimum atomic E-state index is -1.09. The molecule has 182 valence electrons. The summed E-state index contributed by atoms with van der Waals surface area (Å²) < 4.78 is 7.39. The molecule has 2 aromatic heterocycles. The predicted molar refractivity (Wildman–Crippen MR) is 135 cm³/mol. The van der Waals surface area contributed by atoms with Gasteiger partial charge in [0.25, 0.3) is 5.91 Å². The lowest BCUT2D eigenvalue weighted by Crippen LogP contribution is -2.51. The Morgan fingerprint density at radius 3 is 2.51 bits per heavy atom. The molecule has 9 heteroatoms. The molecular weight excluding hydrogens is 466 g/mol. The zero-order chi connectivity index (χ0) is 25.2. The molecule has 0 saturated heterocycles. The maximum Gasteiger partial charge on any atom is 0.251 e. The van der Waals surface area contributed by atoms with Gasteiger partial charge in [-0.1, -0.05) is 48.0 Å². The molecule has 2 aromatic carbocycles. The van der Waals surface area contributed by atoms with Gasteiger partial charge in [0.1, 0.15) is 23.6 Å². The lowest BCUT2D eigenvalue weighted by molar-refractivity contribution is -0.128. The highest BCUT2D eigenvalue weighted by atomic mass is 35.5. The van der Waals surface area contributed by atoms with Crippen molar-refractivity contribution in [2.24, 2.45) is 0 Å². The van der Waals surface area contributed by atoms with Crippen LogP contribution in [0.25, 0.3) is 11.0 Å². The number of carbonyl (C=O) groups is 2. The SMILES string of the molecule is CCC(C)(C)NC(=O)[C@H](c1ccc(C)o1)N(C(=O)Cn1nnc2ccccc21)c1ccccc1Cl. The monoisotopic (exact) mass is 493 g/mol. The quantitative estimate of drug-likeness (QED) is 0.370. The first kappa shape index (κ1) is 24.5. The summed E-state index contributed by atoms with van der Waals surface area (Å²) in [5.41, 5.74) is 1.29. The number of halogens is 1. The smallest absolute Gasteiger partial charge is 0.251 e. The van der Waals surface area contributed by atoms with Crippen LogP contribution in [0.4, 0.5) is 5.69 Å². The number of rotatable bonds is 8. The fourth-order valence-corrected chi connectivity index (χ4v) is 3.99. The second-order valence-electron chi connectivity index (χ2n) is 9.03. The topological polar surface area (TPSA) is 93.3 Å². The number of benzene rings is 2. The van der Waals surface area contributed by atoms with Crippen LogP contribution >= 0.6 is 11.6 Å². The second kappa shape index (κ2) is 9.92. The number of hydrogen-bond donors (Lipinski definition) is 1. The van der Waals surface area contributed by atoms with Crippen molar-refractivity contribution in [1.82, 2.24) is 20.3 Å². The number of para-hydroxylation sites is 2. The van der Waals surface area contributed by atoms with Gasteiger partial charge < -0.3 is 9.73 Å². The molecule has 4 aromatic rings. The number of aromatic nitrogens is 3. The van der Waals surface area contributed by atoms with Gasteiger partial charge in [-0.15, -0.1) is 5.10 Å². The van der Waals surface area contributed by atoms with E-state index in [1.807, 2.05) is 45.0 Å². The van der Waals surface area contributed by atoms with Crippen LogP contribution in [0.3, 0.4) is 0 Å². The van der Waals surface area contributed by atoms with E-state index in [0.717, 1.165) is 0 Å². The van der Waals surface area contributed by atoms with E-state index in [4.69, 9.17) is 16.0 Å². The molecule has 1 atom stereocenters. The Balaban J connectivity index is 1.81. The van der Waals surface area contributed by atoms with Gasteiger partial charge in [-0.3, -0.25) is 14.5 Å². The van der Waals surface area contributed by atoms with E-state index in [2.05, 4.69) is 15.6 Å². The Morgan fingerprint density at radius 2 is 1.83 bits per heavy atom. The summed E-state index contributed by atoms with van der Waals surface area (Å²) in [6, 6.07) is 16.7. The molecule has 2 amide bonds. The molecular formula is C26H28ClN5O3. The molecule has 0 aliphatic rings. The third-order valence-corrected chi connectivity index (χ3v) is 6.29. The fraction of sp³-hybridized carbons (Fsp3) is 0.308. The number of hydrogen-bond acceptors (Lipinski definition) is 5. The first-order valence-electron chi connectivity index (χ1n) is 11.4. The lowest BCUT2D eigenvalue weighted by atomic mass is 10.0. The number of nitrogens with one attached hydrogen (secondary N) is 1. The van der Waals surface area contributed by atoms with Crippen molar-refractivity contribution in [3.8, 4) is 0 Å². The maximum atomic E-state index is 13.9. The van der Waals surface area contributed by atoms with Crippen molar-refractivity contribution in [3.05, 3.63) is 77.2 Å². The molecule has 0 unspecified atom stereocenters. The van der Waals surface area contributed by atoms with Crippen molar-refractivity contribution in [1.29, 1.82) is 0 Å². The van der Waals surface area contributed by atoms with Crippen molar-refractivity contribution >= 4 is 40.1 Å². The normalized spacial score (nSPS) is 12.5. The summed E-state index contributed by atoms with van der Waals surface area (Å²) in [7, 11) is 0. The molecule has 0 aliphatic carbocycles. The number of furan rings is 1. The van der Waals surface area contributed by atoms with Crippen LogP contribution in [0.2, 0.25) is 5.02 Å². The Labute approximate surface area is 208 Å². The third-order valence-electron chi connectivity index (χ3n) is 5.97. The van der Waals surface area contributed by atoms with Gasteiger partial charge in [0, 0.05) is 5.54 Å². The lowest BCUT2D eigenvalue weighted by Gasteiger charge is -2.33. The van der Waals surface area contributed by atoms with Gasteiger partial charge in [0.05, 0.1) is 16.2 Å². The fourth-order valence-electron chi connectivity index (χ4n) is 3.77. The van der Waals surface area contributed by atoms with E-state index in [1.54, 1.807) is 43.3 Å². The summed E-state index contributed by atoms with van der Waals surface area (Å²) in [5.74, 6) is 0.199. The molecule has 0 spiro atoms. The van der Waals surface area contributed by atoms with Gasteiger partial charge >= 0.3 is 0 Å². The Bertz CT molecular complexity index is 1360. The highest BCUT2D eigenvalue weighted by Gasteiger charge is 2.38. The molecule has 1 N–H and O–H groups in total. The maximum absolute atomic E-state index is 13.9. The molecule has 4 rings (SSSR count). The molecule has 0 fully saturated rings. The van der Waals surface area contributed by atoms with Crippen LogP contribution in [-0.4, -0.2) is 32.3 Å². The van der Waals surface area contributed by atoms with Crippen LogP contribution < -0.4 is 10.2 Å². The number of fused-ring (bicyclic) bond motifs is 1. The minimum Gasteiger partial charge on any atom is -0.464 e. The molecule has 0 radical (unpaired) electrons. The van der Waals surface area contributed by atoms with E-state index < -0.39 is 17.5 Å². The van der Waals surface area contributed by atoms with Gasteiger partial charge in [-0.05, 0) is 63.6 Å². The van der Waals surface area contributed by atoms with Gasteiger partial charge in [-0.2, -0.15) is 0 Å². The van der Waals surface area contributed by atoms with Crippen LogP contribution in [0.1, 0.15) is 44.8 Å². The van der Waals surface area contributed by atoms with Gasteiger partial charge in [-0.25, -0.2) is 4.68 Å². The molecule has 0 saturated carbocycles. The average molecular weight is 494 g/mol. The average Bonchev–Trinajstić information content (AvgIpc) is 3.44. The number of anilines is 1. The predicted octanol–water partition coefficient (Wildman–Crippen LogP) is 5.07. The van der Waals surface area contributed by atoms with E-state index in [0.29, 0.717) is 39.7 Å². The Hall–Kier alpha value is -3.65. The summed E-state index contributed by atoms with van der Waals surface area (Å²) in [4.78, 5) is 29.0. The summed E-state index contributed by atoms with van der Waals surface area (Å²) in [6.45, 7) is 7.49. The van der Waals surface area contributed by atoms with Crippen LogP contribution in [0, 0.1) is 6.92 Å². The van der Waals surface area contributed by atoms with Crippen LogP contribution in [0.5, 0.6) is 0 Å².